The summed E-state index contributed by atoms with van der Waals surface area (Å²) in [5, 5.41) is 0. The summed E-state index contributed by atoms with van der Waals surface area (Å²) in [4.78, 5) is 37.6. The van der Waals surface area contributed by atoms with Crippen LogP contribution in [0.25, 0.3) is 0 Å². The van der Waals surface area contributed by atoms with Crippen molar-refractivity contribution >= 4 is 11.8 Å². The van der Waals surface area contributed by atoms with E-state index in [4.69, 9.17) is 4.98 Å². The summed E-state index contributed by atoms with van der Waals surface area (Å²) in [5.41, 5.74) is 4.26. The van der Waals surface area contributed by atoms with Crippen LogP contribution in [0.3, 0.4) is 0 Å². The number of rotatable bonds is 3. The van der Waals surface area contributed by atoms with Gasteiger partial charge in [0.2, 0.25) is 11.8 Å². The summed E-state index contributed by atoms with van der Waals surface area (Å²) in [7, 11) is 0. The summed E-state index contributed by atoms with van der Waals surface area (Å²) < 4.78 is 0. The number of carbonyl (C=O) groups is 2. The van der Waals surface area contributed by atoms with Gasteiger partial charge in [-0.3, -0.25) is 9.59 Å². The number of carbonyl (C=O) groups excluding carboxylic acids is 2. The third-order valence-corrected chi connectivity index (χ3v) is 5.74. The Morgan fingerprint density at radius 2 is 1.96 bits per heavy atom. The smallest absolute Gasteiger partial charge is 0.227 e. The first-order chi connectivity index (χ1) is 13.5. The van der Waals surface area contributed by atoms with Crippen LogP contribution >= 0.6 is 0 Å². The average molecular weight is 378 g/mol. The lowest BCUT2D eigenvalue weighted by Gasteiger charge is -2.29. The monoisotopic (exact) mass is 378 g/mol. The lowest BCUT2D eigenvalue weighted by atomic mass is 10.0. The number of aromatic nitrogens is 2. The van der Waals surface area contributed by atoms with Crippen LogP contribution in [0.4, 0.5) is 0 Å². The van der Waals surface area contributed by atoms with Gasteiger partial charge in [0.1, 0.15) is 0 Å². The highest BCUT2D eigenvalue weighted by Crippen LogP contribution is 2.30. The Morgan fingerprint density at radius 1 is 1.18 bits per heavy atom. The van der Waals surface area contributed by atoms with E-state index < -0.39 is 0 Å². The van der Waals surface area contributed by atoms with Crippen LogP contribution in [-0.2, 0) is 29.0 Å². The van der Waals surface area contributed by atoms with Crippen LogP contribution in [0.1, 0.15) is 54.0 Å². The van der Waals surface area contributed by atoms with Crippen molar-refractivity contribution in [3.8, 4) is 0 Å². The number of amides is 2. The van der Waals surface area contributed by atoms with E-state index in [1.165, 1.54) is 5.56 Å². The first-order valence-electron chi connectivity index (χ1n) is 9.96. The fraction of sp³-hybridized carbons (Fsp3) is 0.455. The Labute approximate surface area is 165 Å². The van der Waals surface area contributed by atoms with Crippen LogP contribution in [0, 0.1) is 6.92 Å². The molecule has 3 heterocycles. The lowest BCUT2D eigenvalue weighted by molar-refractivity contribution is -0.131. The topological polar surface area (TPSA) is 66.4 Å². The van der Waals surface area contributed by atoms with Crippen LogP contribution in [0.5, 0.6) is 0 Å². The first-order valence-corrected chi connectivity index (χ1v) is 9.96. The van der Waals surface area contributed by atoms with Gasteiger partial charge in [-0.25, -0.2) is 9.97 Å². The summed E-state index contributed by atoms with van der Waals surface area (Å²) in [6.07, 6.45) is 4.91. The minimum atomic E-state index is -0.0102. The number of benzene rings is 1. The normalized spacial score (nSPS) is 18.9. The quantitative estimate of drug-likeness (QED) is 0.823. The van der Waals surface area contributed by atoms with Gasteiger partial charge >= 0.3 is 0 Å². The van der Waals surface area contributed by atoms with Crippen LogP contribution in [-0.4, -0.2) is 44.7 Å². The minimum absolute atomic E-state index is 0.0102. The molecular formula is C22H26N4O2. The largest absolute Gasteiger partial charge is 0.338 e. The highest BCUT2D eigenvalue weighted by Gasteiger charge is 2.31. The van der Waals surface area contributed by atoms with Crippen molar-refractivity contribution in [2.24, 2.45) is 0 Å². The van der Waals surface area contributed by atoms with Crippen molar-refractivity contribution in [1.82, 2.24) is 19.8 Å². The van der Waals surface area contributed by atoms with Gasteiger partial charge in [0.15, 0.2) is 5.82 Å². The van der Waals surface area contributed by atoms with Crippen molar-refractivity contribution in [2.75, 3.05) is 13.1 Å². The maximum absolute atomic E-state index is 12.7. The molecule has 0 radical (unpaired) electrons. The van der Waals surface area contributed by atoms with Crippen LogP contribution < -0.4 is 0 Å². The SMILES string of the molecule is CC(=O)N1CCC[C@H]1c1ncc2c(n1)CCN(C(=O)Cc1ccc(C)cc1)C2. The number of likely N-dealkylation sites (tertiary alicyclic amines) is 1. The van der Waals surface area contributed by atoms with Gasteiger partial charge in [-0.2, -0.15) is 0 Å². The number of hydrogen-bond acceptors (Lipinski definition) is 4. The van der Waals surface area contributed by atoms with E-state index >= 15 is 0 Å². The average Bonchev–Trinajstić information content (AvgIpc) is 3.19. The molecule has 4 rings (SSSR count). The maximum Gasteiger partial charge on any atom is 0.227 e. The fourth-order valence-electron chi connectivity index (χ4n) is 4.11. The summed E-state index contributed by atoms with van der Waals surface area (Å²) in [6, 6.07) is 8.10. The van der Waals surface area contributed by atoms with E-state index in [0.29, 0.717) is 19.5 Å². The highest BCUT2D eigenvalue weighted by molar-refractivity contribution is 5.79. The Hall–Kier alpha value is -2.76. The second-order valence-corrected chi connectivity index (χ2v) is 7.80. The van der Waals surface area contributed by atoms with Gasteiger partial charge in [0, 0.05) is 44.7 Å². The maximum atomic E-state index is 12.7. The van der Waals surface area contributed by atoms with Gasteiger partial charge in [-0.1, -0.05) is 29.8 Å². The van der Waals surface area contributed by atoms with Gasteiger partial charge < -0.3 is 9.80 Å². The molecule has 6 nitrogen and oxygen atoms in total. The fourth-order valence-corrected chi connectivity index (χ4v) is 4.11. The molecule has 28 heavy (non-hydrogen) atoms. The van der Waals surface area contributed by atoms with E-state index in [-0.39, 0.29) is 17.9 Å². The summed E-state index contributed by atoms with van der Waals surface area (Å²) in [5.74, 6) is 0.958. The zero-order chi connectivity index (χ0) is 19.7. The molecule has 0 saturated carbocycles. The Morgan fingerprint density at radius 3 is 2.71 bits per heavy atom. The standard InChI is InChI=1S/C22H26N4O2/c1-15-5-7-17(8-6-15)12-21(28)25-11-9-19-18(14-25)13-23-22(24-19)20-4-3-10-26(20)16(2)27/h5-8,13,20H,3-4,9-12,14H2,1-2H3/t20-/m0/s1. The van der Waals surface area contributed by atoms with E-state index in [2.05, 4.69) is 4.98 Å². The molecule has 2 aliphatic rings. The van der Waals surface area contributed by atoms with Crippen molar-refractivity contribution in [3.63, 3.8) is 0 Å². The Bertz CT molecular complexity index is 894. The van der Waals surface area contributed by atoms with E-state index in [9.17, 15) is 9.59 Å². The Balaban J connectivity index is 1.45. The number of aryl methyl sites for hydroxylation is 1. The molecule has 1 saturated heterocycles. The van der Waals surface area contributed by atoms with Gasteiger partial charge in [-0.05, 0) is 25.3 Å². The van der Waals surface area contributed by atoms with Gasteiger partial charge in [-0.15, -0.1) is 0 Å². The first kappa shape index (κ1) is 18.6. The summed E-state index contributed by atoms with van der Waals surface area (Å²) in [6.45, 7) is 5.66. The van der Waals surface area contributed by atoms with Crippen molar-refractivity contribution in [3.05, 3.63) is 58.7 Å². The molecule has 1 aromatic heterocycles. The molecule has 1 aromatic carbocycles. The van der Waals surface area contributed by atoms with Gasteiger partial charge in [0.05, 0.1) is 18.2 Å². The third kappa shape index (κ3) is 3.77. The third-order valence-electron chi connectivity index (χ3n) is 5.74. The molecule has 2 amide bonds. The lowest BCUT2D eigenvalue weighted by Crippen LogP contribution is -2.38. The van der Waals surface area contributed by atoms with E-state index in [1.807, 2.05) is 47.2 Å². The zero-order valence-electron chi connectivity index (χ0n) is 16.5. The second kappa shape index (κ2) is 7.70. The summed E-state index contributed by atoms with van der Waals surface area (Å²) >= 11 is 0. The molecule has 2 aromatic rings. The highest BCUT2D eigenvalue weighted by atomic mass is 16.2. The van der Waals surface area contributed by atoms with Crippen LogP contribution in [0.15, 0.2) is 30.5 Å². The van der Waals surface area contributed by atoms with Crippen molar-refractivity contribution in [2.45, 2.75) is 52.1 Å². The minimum Gasteiger partial charge on any atom is -0.338 e. The molecule has 6 heteroatoms. The number of nitrogens with zero attached hydrogens (tertiary/aromatic N) is 4. The van der Waals surface area contributed by atoms with Gasteiger partial charge in [0.25, 0.3) is 0 Å². The predicted molar refractivity (Wildman–Crippen MR) is 105 cm³/mol. The molecule has 1 atom stereocenters. The molecule has 1 fully saturated rings. The molecule has 0 bridgehead atoms. The molecular weight excluding hydrogens is 352 g/mol. The second-order valence-electron chi connectivity index (χ2n) is 7.80. The predicted octanol–water partition coefficient (Wildman–Crippen LogP) is 2.60. The number of hydrogen-bond donors (Lipinski definition) is 0. The molecule has 146 valence electrons. The van der Waals surface area contributed by atoms with E-state index in [1.54, 1.807) is 6.92 Å². The zero-order valence-corrected chi connectivity index (χ0v) is 16.5. The molecule has 2 aliphatic heterocycles. The number of fused-ring (bicyclic) bond motifs is 1. The van der Waals surface area contributed by atoms with E-state index in [0.717, 1.165) is 48.5 Å². The molecule has 0 aliphatic carbocycles. The van der Waals surface area contributed by atoms with Crippen molar-refractivity contribution in [1.29, 1.82) is 0 Å². The Kier molecular flexibility index (Phi) is 5.11. The molecule has 0 N–H and O–H groups in total. The molecule has 0 spiro atoms. The molecule has 0 unspecified atom stereocenters. The van der Waals surface area contributed by atoms with Crippen LogP contribution in [0.2, 0.25) is 0 Å². The van der Waals surface area contributed by atoms with Crippen molar-refractivity contribution < 1.29 is 9.59 Å².